The van der Waals surface area contributed by atoms with Crippen molar-refractivity contribution in [2.24, 2.45) is 5.73 Å². The first-order chi connectivity index (χ1) is 10.4. The van der Waals surface area contributed by atoms with Gasteiger partial charge in [0.25, 0.3) is 0 Å². The Morgan fingerprint density at radius 1 is 1.48 bits per heavy atom. The second-order valence-electron chi connectivity index (χ2n) is 4.92. The normalized spacial score (nSPS) is 11.5. The minimum atomic E-state index is -0.602. The Bertz CT molecular complexity index is 541. The van der Waals surface area contributed by atoms with Gasteiger partial charge < -0.3 is 15.2 Å². The zero-order chi connectivity index (χ0) is 16.7. The molecule has 23 heavy (non-hydrogen) atoms. The number of carbonyl (C=O) groups is 1. The molecule has 0 fully saturated rings. The van der Waals surface area contributed by atoms with Gasteiger partial charge in [-0.3, -0.25) is 15.0 Å². The summed E-state index contributed by atoms with van der Waals surface area (Å²) in [6.45, 7) is 2.62. The monoisotopic (exact) mass is 347 g/mol. The number of hydrogen-bond donors (Lipinski definition) is 1. The number of carbonyl (C=O) groups excluding carboxylic acids is 1. The van der Waals surface area contributed by atoms with E-state index in [1.807, 2.05) is 18.9 Å². The van der Waals surface area contributed by atoms with E-state index in [-0.39, 0.29) is 36.5 Å². The molecule has 0 radical (unpaired) electrons. The molecule has 8 nitrogen and oxygen atoms in total. The van der Waals surface area contributed by atoms with Crippen molar-refractivity contribution in [3.63, 3.8) is 0 Å². The van der Waals surface area contributed by atoms with Gasteiger partial charge in [0, 0.05) is 25.2 Å². The van der Waals surface area contributed by atoms with Crippen LogP contribution in [0, 0.1) is 10.1 Å². The Hall–Kier alpha value is -1.90. The van der Waals surface area contributed by atoms with Crippen molar-refractivity contribution in [1.29, 1.82) is 0 Å². The van der Waals surface area contributed by atoms with Crippen LogP contribution in [0.5, 0.6) is 5.75 Å². The highest BCUT2D eigenvalue weighted by molar-refractivity contribution is 5.85. The molecule has 1 rings (SSSR count). The molecule has 9 heteroatoms. The number of nitro groups is 1. The van der Waals surface area contributed by atoms with E-state index in [1.165, 1.54) is 19.2 Å². The highest BCUT2D eigenvalue weighted by Crippen LogP contribution is 2.28. The Labute approximate surface area is 141 Å². The van der Waals surface area contributed by atoms with Crippen molar-refractivity contribution < 1.29 is 19.2 Å². The van der Waals surface area contributed by atoms with E-state index in [4.69, 9.17) is 10.5 Å². The summed E-state index contributed by atoms with van der Waals surface area (Å²) in [6, 6.07) is 4.80. The van der Waals surface area contributed by atoms with Gasteiger partial charge >= 0.3 is 11.7 Å². The molecule has 0 heterocycles. The lowest BCUT2D eigenvalue weighted by Gasteiger charge is -2.23. The fourth-order valence-corrected chi connectivity index (χ4v) is 1.75. The summed E-state index contributed by atoms with van der Waals surface area (Å²) >= 11 is 0. The summed E-state index contributed by atoms with van der Waals surface area (Å²) in [5, 5.41) is 11.1. The van der Waals surface area contributed by atoms with Crippen LogP contribution in [0.4, 0.5) is 5.69 Å². The van der Waals surface area contributed by atoms with E-state index in [9.17, 15) is 14.9 Å². The molecule has 1 aromatic rings. The van der Waals surface area contributed by atoms with E-state index in [0.29, 0.717) is 13.1 Å². The van der Waals surface area contributed by atoms with Gasteiger partial charge in [-0.05, 0) is 25.6 Å². The number of rotatable bonds is 8. The van der Waals surface area contributed by atoms with Crippen LogP contribution >= 0.6 is 12.4 Å². The highest BCUT2D eigenvalue weighted by atomic mass is 35.5. The summed E-state index contributed by atoms with van der Waals surface area (Å²) in [5.41, 5.74) is 6.18. The summed E-state index contributed by atoms with van der Waals surface area (Å²) in [5.74, 6) is -0.566. The third-order valence-electron chi connectivity index (χ3n) is 3.32. The highest BCUT2D eigenvalue weighted by Gasteiger charge is 2.18. The second-order valence-corrected chi connectivity index (χ2v) is 4.92. The van der Waals surface area contributed by atoms with Crippen LogP contribution in [0.25, 0.3) is 0 Å². The Morgan fingerprint density at radius 3 is 2.65 bits per heavy atom. The second kappa shape index (κ2) is 9.98. The maximum absolute atomic E-state index is 11.1. The first-order valence-corrected chi connectivity index (χ1v) is 6.76. The van der Waals surface area contributed by atoms with Gasteiger partial charge in [0.15, 0.2) is 12.4 Å². The smallest absolute Gasteiger partial charge is 0.343 e. The molecule has 1 aromatic carbocycles. The number of esters is 1. The molecule has 0 saturated heterocycles. The van der Waals surface area contributed by atoms with Gasteiger partial charge in [0.2, 0.25) is 0 Å². The van der Waals surface area contributed by atoms with E-state index in [2.05, 4.69) is 4.74 Å². The molecule has 0 saturated carbocycles. The number of hydrogen-bond acceptors (Lipinski definition) is 7. The van der Waals surface area contributed by atoms with Crippen LogP contribution in [0.2, 0.25) is 0 Å². The molecule has 2 N–H and O–H groups in total. The Morgan fingerprint density at radius 2 is 2.13 bits per heavy atom. The van der Waals surface area contributed by atoms with E-state index in [1.54, 1.807) is 6.07 Å². The predicted octanol–water partition coefficient (Wildman–Crippen LogP) is 1.35. The molecule has 130 valence electrons. The molecule has 1 unspecified atom stereocenters. The van der Waals surface area contributed by atoms with Crippen LogP contribution in [0.1, 0.15) is 12.5 Å². The van der Waals surface area contributed by atoms with Crippen molar-refractivity contribution in [3.8, 4) is 5.75 Å². The van der Waals surface area contributed by atoms with Gasteiger partial charge in [-0.1, -0.05) is 6.07 Å². The van der Waals surface area contributed by atoms with Crippen molar-refractivity contribution in [1.82, 2.24) is 4.90 Å². The fraction of sp³-hybridized carbons (Fsp3) is 0.500. The molecule has 0 aliphatic carbocycles. The van der Waals surface area contributed by atoms with Gasteiger partial charge in [0.05, 0.1) is 12.0 Å². The van der Waals surface area contributed by atoms with Gasteiger partial charge in [-0.2, -0.15) is 0 Å². The van der Waals surface area contributed by atoms with Gasteiger partial charge in [-0.15, -0.1) is 12.4 Å². The Kier molecular flexibility index (Phi) is 9.16. The largest absolute Gasteiger partial charge is 0.475 e. The minimum Gasteiger partial charge on any atom is -0.475 e. The molecule has 0 aromatic heterocycles. The van der Waals surface area contributed by atoms with Crippen LogP contribution in [0.15, 0.2) is 18.2 Å². The van der Waals surface area contributed by atoms with Crippen molar-refractivity contribution >= 4 is 24.1 Å². The fourth-order valence-electron chi connectivity index (χ4n) is 1.75. The lowest BCUT2D eigenvalue weighted by Crippen LogP contribution is -2.34. The number of nitrogens with zero attached hydrogens (tertiary/aromatic N) is 2. The molecule has 0 spiro atoms. The quantitative estimate of drug-likeness (QED) is 0.429. The standard InChI is InChI=1S/C14H21N3O5.ClH/c1-10(7-15)16(2)8-11-4-5-13(12(6-11)17(19)20)22-9-14(18)21-3;/h4-6,10H,7-9,15H2,1-3H3;1H. The average molecular weight is 348 g/mol. The minimum absolute atomic E-state index is 0. The van der Waals surface area contributed by atoms with Crippen LogP contribution < -0.4 is 10.5 Å². The van der Waals surface area contributed by atoms with Crippen LogP contribution in [-0.2, 0) is 16.1 Å². The summed E-state index contributed by atoms with van der Waals surface area (Å²) in [4.78, 5) is 23.6. The number of methoxy groups -OCH3 is 1. The predicted molar refractivity (Wildman–Crippen MR) is 87.8 cm³/mol. The zero-order valence-corrected chi connectivity index (χ0v) is 14.2. The molecule has 0 bridgehead atoms. The van der Waals surface area contributed by atoms with E-state index >= 15 is 0 Å². The average Bonchev–Trinajstić information content (AvgIpc) is 2.51. The van der Waals surface area contributed by atoms with Crippen LogP contribution in [-0.4, -0.2) is 49.1 Å². The molecule has 0 aliphatic rings. The number of ether oxygens (including phenoxy) is 2. The number of nitrogens with two attached hydrogens (primary N) is 1. The number of halogens is 1. The molecular formula is C14H22ClN3O5. The summed E-state index contributed by atoms with van der Waals surface area (Å²) in [6.07, 6.45) is 0. The maximum atomic E-state index is 11.1. The molecule has 0 amide bonds. The maximum Gasteiger partial charge on any atom is 0.343 e. The molecule has 0 aliphatic heterocycles. The lowest BCUT2D eigenvalue weighted by molar-refractivity contribution is -0.385. The van der Waals surface area contributed by atoms with Crippen molar-refractivity contribution in [2.75, 3.05) is 27.3 Å². The van der Waals surface area contributed by atoms with E-state index < -0.39 is 10.9 Å². The van der Waals surface area contributed by atoms with E-state index in [0.717, 1.165) is 5.56 Å². The zero-order valence-electron chi connectivity index (χ0n) is 13.4. The summed E-state index contributed by atoms with van der Waals surface area (Å²) in [7, 11) is 3.11. The first kappa shape index (κ1) is 21.1. The van der Waals surface area contributed by atoms with Crippen LogP contribution in [0.3, 0.4) is 0 Å². The molecular weight excluding hydrogens is 326 g/mol. The lowest BCUT2D eigenvalue weighted by atomic mass is 10.1. The Balaban J connectivity index is 0.00000484. The van der Waals surface area contributed by atoms with Gasteiger partial charge in [-0.25, -0.2) is 4.79 Å². The molecule has 1 atom stereocenters. The van der Waals surface area contributed by atoms with Crippen molar-refractivity contribution in [2.45, 2.75) is 19.5 Å². The van der Waals surface area contributed by atoms with Crippen molar-refractivity contribution in [3.05, 3.63) is 33.9 Å². The van der Waals surface area contributed by atoms with Gasteiger partial charge in [0.1, 0.15) is 0 Å². The summed E-state index contributed by atoms with van der Waals surface area (Å²) < 4.78 is 9.56. The topological polar surface area (TPSA) is 108 Å². The number of benzene rings is 1. The SMILES string of the molecule is COC(=O)COc1ccc(CN(C)C(C)CN)cc1[N+](=O)[O-].Cl. The first-order valence-electron chi connectivity index (χ1n) is 6.76. The number of nitro benzene ring substituents is 1. The third kappa shape index (κ3) is 6.39. The third-order valence-corrected chi connectivity index (χ3v) is 3.32. The number of likely N-dealkylation sites (N-methyl/N-ethyl adjacent to an activating group) is 1.